The summed E-state index contributed by atoms with van der Waals surface area (Å²) in [5, 5.41) is 0. The number of benzene rings is 1. The van der Waals surface area contributed by atoms with E-state index in [-0.39, 0.29) is 6.61 Å². The Morgan fingerprint density at radius 2 is 2.11 bits per heavy atom. The third-order valence-corrected chi connectivity index (χ3v) is 2.42. The van der Waals surface area contributed by atoms with Gasteiger partial charge in [-0.1, -0.05) is 17.7 Å². The van der Waals surface area contributed by atoms with Crippen molar-refractivity contribution in [3.8, 4) is 0 Å². The van der Waals surface area contributed by atoms with Crippen LogP contribution in [-0.2, 0) is 9.53 Å². The van der Waals surface area contributed by atoms with Crippen molar-refractivity contribution < 1.29 is 22.7 Å². The third kappa shape index (κ3) is 2.81. The number of rotatable bonds is 4. The third-order valence-electron chi connectivity index (χ3n) is 2.42. The average Bonchev–Trinajstić information content (AvgIpc) is 2.31. The van der Waals surface area contributed by atoms with Crippen LogP contribution in [0.1, 0.15) is 24.1 Å². The molecule has 0 amide bonds. The van der Waals surface area contributed by atoms with E-state index in [1.165, 1.54) is 19.1 Å². The molecule has 0 fully saturated rings. The van der Waals surface area contributed by atoms with Gasteiger partial charge in [0, 0.05) is 5.56 Å². The molecule has 6 heteroatoms. The summed E-state index contributed by atoms with van der Waals surface area (Å²) in [6, 6.07) is 1.57. The molecule has 18 heavy (non-hydrogen) atoms. The monoisotopic (exact) mass is 261 g/mol. The number of esters is 1. The van der Waals surface area contributed by atoms with Crippen molar-refractivity contribution in [2.24, 2.45) is 5.73 Å². The highest BCUT2D eigenvalue weighted by atomic mass is 19.3. The fourth-order valence-corrected chi connectivity index (χ4v) is 1.45. The Bertz CT molecular complexity index is 449. The Morgan fingerprint density at radius 1 is 1.50 bits per heavy atom. The first-order valence-electron chi connectivity index (χ1n) is 5.37. The van der Waals surface area contributed by atoms with Crippen LogP contribution < -0.4 is 5.73 Å². The van der Waals surface area contributed by atoms with Gasteiger partial charge in [0.2, 0.25) is 0 Å². The van der Waals surface area contributed by atoms with Crippen LogP contribution in [0.25, 0.3) is 0 Å². The zero-order valence-corrected chi connectivity index (χ0v) is 10.0. The van der Waals surface area contributed by atoms with E-state index in [0.717, 1.165) is 6.07 Å². The quantitative estimate of drug-likeness (QED) is 0.846. The smallest absolute Gasteiger partial charge is 0.379 e. The van der Waals surface area contributed by atoms with Crippen molar-refractivity contribution >= 4 is 5.97 Å². The van der Waals surface area contributed by atoms with Crippen LogP contribution in [0.2, 0.25) is 0 Å². The van der Waals surface area contributed by atoms with Gasteiger partial charge >= 0.3 is 11.9 Å². The number of halogens is 3. The lowest BCUT2D eigenvalue weighted by Crippen LogP contribution is -2.42. The van der Waals surface area contributed by atoms with E-state index in [0.29, 0.717) is 5.56 Å². The van der Waals surface area contributed by atoms with E-state index in [1.54, 1.807) is 6.92 Å². The molecule has 0 heterocycles. The maximum absolute atomic E-state index is 13.6. The molecule has 1 aromatic rings. The lowest BCUT2D eigenvalue weighted by atomic mass is 9.99. The molecule has 100 valence electrons. The first kappa shape index (κ1) is 14.5. The number of ether oxygens (including phenoxy) is 1. The molecule has 0 spiro atoms. The van der Waals surface area contributed by atoms with Crippen molar-refractivity contribution in [2.75, 3.05) is 6.61 Å². The summed E-state index contributed by atoms with van der Waals surface area (Å²) >= 11 is 0. The molecule has 2 N–H and O–H groups in total. The Morgan fingerprint density at radius 3 is 2.67 bits per heavy atom. The van der Waals surface area contributed by atoms with E-state index >= 15 is 0 Å². The number of nitrogens with two attached hydrogens (primary N) is 1. The molecule has 0 saturated carbocycles. The zero-order chi connectivity index (χ0) is 13.9. The topological polar surface area (TPSA) is 52.3 Å². The Hall–Kier alpha value is -1.56. The maximum Gasteiger partial charge on any atom is 0.379 e. The predicted molar refractivity (Wildman–Crippen MR) is 59.6 cm³/mol. The predicted octanol–water partition coefficient (Wildman–Crippen LogP) is 2.33. The summed E-state index contributed by atoms with van der Waals surface area (Å²) in [5.41, 5.74) is 5.44. The summed E-state index contributed by atoms with van der Waals surface area (Å²) in [4.78, 5) is 11.1. The van der Waals surface area contributed by atoms with Gasteiger partial charge in [-0.2, -0.15) is 8.78 Å². The summed E-state index contributed by atoms with van der Waals surface area (Å²) in [5.74, 6) is -6.60. The van der Waals surface area contributed by atoms with Gasteiger partial charge < -0.3 is 10.5 Å². The summed E-state index contributed by atoms with van der Waals surface area (Å²) < 4.78 is 44.9. The standard InChI is InChI=1S/C12H14F3NO2/c1-3-18-11(17)12(14,15)10(16)8-6-7(2)4-5-9(8)13/h4-6,10H,3,16H2,1-2H3/t10-/m0/s1. The molecule has 0 bridgehead atoms. The minimum absolute atomic E-state index is 0.197. The van der Waals surface area contributed by atoms with Crippen LogP contribution in [0.5, 0.6) is 0 Å². The van der Waals surface area contributed by atoms with Gasteiger partial charge in [0.1, 0.15) is 11.9 Å². The van der Waals surface area contributed by atoms with Crippen molar-refractivity contribution in [3.63, 3.8) is 0 Å². The second kappa shape index (κ2) is 5.39. The van der Waals surface area contributed by atoms with Gasteiger partial charge in [-0.05, 0) is 19.9 Å². The van der Waals surface area contributed by atoms with E-state index in [4.69, 9.17) is 5.73 Å². The molecule has 0 aromatic heterocycles. The number of hydrogen-bond donors (Lipinski definition) is 1. The molecule has 0 saturated heterocycles. The number of carbonyl (C=O) groups excluding carboxylic acids is 1. The van der Waals surface area contributed by atoms with Crippen molar-refractivity contribution in [1.29, 1.82) is 0 Å². The minimum atomic E-state index is -3.97. The van der Waals surface area contributed by atoms with Crippen molar-refractivity contribution in [1.82, 2.24) is 0 Å². The average molecular weight is 261 g/mol. The number of aryl methyl sites for hydroxylation is 1. The van der Waals surface area contributed by atoms with Gasteiger partial charge in [0.05, 0.1) is 6.61 Å². The zero-order valence-electron chi connectivity index (χ0n) is 10.0. The maximum atomic E-state index is 13.6. The van der Waals surface area contributed by atoms with Gasteiger partial charge in [-0.3, -0.25) is 0 Å². The van der Waals surface area contributed by atoms with Gasteiger partial charge in [0.15, 0.2) is 0 Å². The molecule has 0 aliphatic rings. The van der Waals surface area contributed by atoms with Crippen LogP contribution >= 0.6 is 0 Å². The second-order valence-corrected chi connectivity index (χ2v) is 3.85. The molecule has 0 unspecified atom stereocenters. The van der Waals surface area contributed by atoms with Crippen LogP contribution in [-0.4, -0.2) is 18.5 Å². The van der Waals surface area contributed by atoms with Crippen molar-refractivity contribution in [3.05, 3.63) is 35.1 Å². The van der Waals surface area contributed by atoms with E-state index < -0.39 is 29.3 Å². The summed E-state index contributed by atoms with van der Waals surface area (Å²) in [6.45, 7) is 2.81. The minimum Gasteiger partial charge on any atom is -0.462 e. The van der Waals surface area contributed by atoms with Gasteiger partial charge in [-0.15, -0.1) is 0 Å². The van der Waals surface area contributed by atoms with Crippen LogP contribution in [0.4, 0.5) is 13.2 Å². The molecule has 1 atom stereocenters. The van der Waals surface area contributed by atoms with Crippen LogP contribution in [0, 0.1) is 12.7 Å². The lowest BCUT2D eigenvalue weighted by Gasteiger charge is -2.22. The molecular formula is C12H14F3NO2. The van der Waals surface area contributed by atoms with Crippen molar-refractivity contribution in [2.45, 2.75) is 25.8 Å². The first-order valence-corrected chi connectivity index (χ1v) is 5.37. The normalized spacial score (nSPS) is 13.2. The van der Waals surface area contributed by atoms with Crippen LogP contribution in [0.3, 0.4) is 0 Å². The van der Waals surface area contributed by atoms with Gasteiger partial charge in [-0.25, -0.2) is 9.18 Å². The first-order chi connectivity index (χ1) is 8.30. The Kier molecular flexibility index (Phi) is 4.34. The molecule has 0 radical (unpaired) electrons. The fraction of sp³-hybridized carbons (Fsp3) is 0.417. The molecule has 1 rings (SSSR count). The summed E-state index contributed by atoms with van der Waals surface area (Å²) in [7, 11) is 0. The summed E-state index contributed by atoms with van der Waals surface area (Å²) in [6.07, 6.45) is 0. The second-order valence-electron chi connectivity index (χ2n) is 3.85. The number of alkyl halides is 2. The highest BCUT2D eigenvalue weighted by Crippen LogP contribution is 2.32. The molecule has 3 nitrogen and oxygen atoms in total. The SMILES string of the molecule is CCOC(=O)C(F)(F)[C@@H](N)c1cc(C)ccc1F. The van der Waals surface area contributed by atoms with Gasteiger partial charge in [0.25, 0.3) is 0 Å². The van der Waals surface area contributed by atoms with Crippen LogP contribution in [0.15, 0.2) is 18.2 Å². The number of hydrogen-bond acceptors (Lipinski definition) is 3. The largest absolute Gasteiger partial charge is 0.462 e. The molecule has 0 aliphatic carbocycles. The number of carbonyl (C=O) groups is 1. The lowest BCUT2D eigenvalue weighted by molar-refractivity contribution is -0.174. The molecular weight excluding hydrogens is 247 g/mol. The fourth-order valence-electron chi connectivity index (χ4n) is 1.45. The van der Waals surface area contributed by atoms with E-state index in [1.807, 2.05) is 0 Å². The molecule has 1 aromatic carbocycles. The van der Waals surface area contributed by atoms with E-state index in [2.05, 4.69) is 4.74 Å². The Balaban J connectivity index is 3.08. The molecule has 0 aliphatic heterocycles. The highest BCUT2D eigenvalue weighted by molar-refractivity contribution is 5.78. The Labute approximate surface area is 103 Å². The van der Waals surface area contributed by atoms with E-state index in [9.17, 15) is 18.0 Å². The highest BCUT2D eigenvalue weighted by Gasteiger charge is 2.48.